The van der Waals surface area contributed by atoms with Gasteiger partial charge >= 0.3 is 0 Å². The van der Waals surface area contributed by atoms with Crippen LogP contribution in [0.5, 0.6) is 0 Å². The predicted octanol–water partition coefficient (Wildman–Crippen LogP) is 0.375. The van der Waals surface area contributed by atoms with Crippen molar-refractivity contribution in [1.29, 1.82) is 0 Å². The molecule has 13 heavy (non-hydrogen) atoms. The van der Waals surface area contributed by atoms with Crippen molar-refractivity contribution in [2.24, 2.45) is 7.05 Å². The number of nitrogens with one attached hydrogen (secondary N) is 1. The van der Waals surface area contributed by atoms with Crippen LogP contribution < -0.4 is 5.32 Å². The molecule has 2 aromatic heterocycles. The zero-order chi connectivity index (χ0) is 9.26. The smallest absolute Gasteiger partial charge is 0.224 e. The van der Waals surface area contributed by atoms with Crippen LogP contribution in [0.2, 0.25) is 0 Å². The summed E-state index contributed by atoms with van der Waals surface area (Å²) < 4.78 is 5.62. The van der Waals surface area contributed by atoms with Crippen LogP contribution >= 0.6 is 11.5 Å². The van der Waals surface area contributed by atoms with Gasteiger partial charge in [-0.2, -0.15) is 0 Å². The molecule has 0 saturated heterocycles. The highest BCUT2D eigenvalue weighted by Crippen LogP contribution is 2.20. The third-order valence-electron chi connectivity index (χ3n) is 1.68. The van der Waals surface area contributed by atoms with Gasteiger partial charge in [0.25, 0.3) is 0 Å². The third kappa shape index (κ3) is 1.26. The Labute approximate surface area is 78.8 Å². The summed E-state index contributed by atoms with van der Waals surface area (Å²) >= 11 is 1.30. The maximum Gasteiger partial charge on any atom is 0.224 e. The first-order chi connectivity index (χ1) is 6.33. The van der Waals surface area contributed by atoms with Crippen LogP contribution in [0.25, 0.3) is 10.7 Å². The first kappa shape index (κ1) is 8.11. The molecule has 1 N–H and O–H groups in total. The molecule has 0 aliphatic carbocycles. The maximum atomic E-state index is 4.01. The van der Waals surface area contributed by atoms with Crippen LogP contribution in [0, 0.1) is 0 Å². The molecule has 0 atom stereocenters. The highest BCUT2D eigenvalue weighted by molar-refractivity contribution is 7.09. The quantitative estimate of drug-likeness (QED) is 0.751. The standard InChI is InChI=1S/C6H8N6S/c1-7-6-10-9-5(12(6)2)4-3-8-11-13-4/h3H,1-2H3,(H,7,10). The summed E-state index contributed by atoms with van der Waals surface area (Å²) in [6.07, 6.45) is 1.67. The van der Waals surface area contributed by atoms with Crippen molar-refractivity contribution < 1.29 is 0 Å². The van der Waals surface area contributed by atoms with Gasteiger partial charge < -0.3 is 5.32 Å². The predicted molar refractivity (Wildman–Crippen MR) is 49.5 cm³/mol. The summed E-state index contributed by atoms with van der Waals surface area (Å²) in [5.41, 5.74) is 0. The molecule has 0 aliphatic rings. The largest absolute Gasteiger partial charge is 0.357 e. The average molecular weight is 196 g/mol. The summed E-state index contributed by atoms with van der Waals surface area (Å²) in [5.74, 6) is 1.50. The molecule has 7 heteroatoms. The first-order valence-electron chi connectivity index (χ1n) is 3.68. The minimum absolute atomic E-state index is 0.725. The number of aromatic nitrogens is 5. The van der Waals surface area contributed by atoms with Crippen molar-refractivity contribution in [3.63, 3.8) is 0 Å². The van der Waals surface area contributed by atoms with Gasteiger partial charge in [0.1, 0.15) is 4.88 Å². The zero-order valence-electron chi connectivity index (χ0n) is 7.22. The highest BCUT2D eigenvalue weighted by Gasteiger charge is 2.10. The fourth-order valence-electron chi connectivity index (χ4n) is 1.03. The molecule has 0 radical (unpaired) electrons. The molecule has 6 nitrogen and oxygen atoms in total. The molecule has 2 heterocycles. The Bertz CT molecular complexity index is 391. The number of hydrogen-bond acceptors (Lipinski definition) is 6. The molecule has 68 valence electrons. The van der Waals surface area contributed by atoms with Gasteiger partial charge in [-0.05, 0) is 11.5 Å². The van der Waals surface area contributed by atoms with Crippen LogP contribution in [-0.2, 0) is 7.05 Å². The van der Waals surface area contributed by atoms with Crippen molar-refractivity contribution in [3.8, 4) is 10.7 Å². The molecule has 0 bridgehead atoms. The van der Waals surface area contributed by atoms with Gasteiger partial charge in [-0.1, -0.05) is 4.49 Å². The lowest BCUT2D eigenvalue weighted by atomic mass is 10.5. The van der Waals surface area contributed by atoms with E-state index < -0.39 is 0 Å². The van der Waals surface area contributed by atoms with E-state index in [9.17, 15) is 0 Å². The lowest BCUT2D eigenvalue weighted by Crippen LogP contribution is -1.98. The van der Waals surface area contributed by atoms with Gasteiger partial charge in [-0.15, -0.1) is 15.3 Å². The monoisotopic (exact) mass is 196 g/mol. The molecular formula is C6H8N6S. The summed E-state index contributed by atoms with van der Waals surface area (Å²) in [6, 6.07) is 0. The normalized spacial score (nSPS) is 10.3. The Morgan fingerprint density at radius 1 is 1.46 bits per heavy atom. The second kappa shape index (κ2) is 3.09. The fraction of sp³-hybridized carbons (Fsp3) is 0.333. The van der Waals surface area contributed by atoms with Crippen LogP contribution in [0.4, 0.5) is 5.95 Å². The lowest BCUT2D eigenvalue weighted by molar-refractivity contribution is 0.927. The van der Waals surface area contributed by atoms with E-state index in [-0.39, 0.29) is 0 Å². The first-order valence-corrected chi connectivity index (χ1v) is 4.45. The van der Waals surface area contributed by atoms with E-state index in [4.69, 9.17) is 0 Å². The summed E-state index contributed by atoms with van der Waals surface area (Å²) in [6.45, 7) is 0. The Hall–Kier alpha value is -1.50. The Morgan fingerprint density at radius 3 is 2.85 bits per heavy atom. The molecule has 0 aliphatic heterocycles. The average Bonchev–Trinajstić information content (AvgIpc) is 2.72. The SMILES string of the molecule is CNc1nnc(-c2cnns2)n1C. The second-order valence-electron chi connectivity index (χ2n) is 2.44. The van der Waals surface area contributed by atoms with Gasteiger partial charge in [0.15, 0.2) is 5.82 Å². The van der Waals surface area contributed by atoms with E-state index in [1.807, 2.05) is 11.6 Å². The summed E-state index contributed by atoms with van der Waals surface area (Å²) in [7, 11) is 3.69. The second-order valence-corrected chi connectivity index (χ2v) is 3.22. The van der Waals surface area contributed by atoms with Crippen LogP contribution in [0.1, 0.15) is 0 Å². The molecule has 0 amide bonds. The fourth-order valence-corrected chi connectivity index (χ4v) is 1.56. The van der Waals surface area contributed by atoms with Crippen LogP contribution in [0.3, 0.4) is 0 Å². The van der Waals surface area contributed by atoms with Crippen molar-refractivity contribution in [1.82, 2.24) is 24.4 Å². The number of anilines is 1. The van der Waals surface area contributed by atoms with E-state index in [2.05, 4.69) is 25.1 Å². The van der Waals surface area contributed by atoms with Gasteiger partial charge in [0, 0.05) is 14.1 Å². The topological polar surface area (TPSA) is 68.5 Å². The van der Waals surface area contributed by atoms with Crippen molar-refractivity contribution in [2.75, 3.05) is 12.4 Å². The Balaban J connectivity index is 2.48. The van der Waals surface area contributed by atoms with Crippen LogP contribution in [0.15, 0.2) is 6.20 Å². The van der Waals surface area contributed by atoms with Crippen LogP contribution in [-0.4, -0.2) is 31.4 Å². The van der Waals surface area contributed by atoms with Gasteiger partial charge in [0.2, 0.25) is 5.95 Å². The van der Waals surface area contributed by atoms with E-state index >= 15 is 0 Å². The highest BCUT2D eigenvalue weighted by atomic mass is 32.1. The van der Waals surface area contributed by atoms with Gasteiger partial charge in [0.05, 0.1) is 6.20 Å². The Morgan fingerprint density at radius 2 is 2.31 bits per heavy atom. The van der Waals surface area contributed by atoms with Crippen molar-refractivity contribution in [3.05, 3.63) is 6.20 Å². The molecule has 2 rings (SSSR count). The number of rotatable bonds is 2. The lowest BCUT2D eigenvalue weighted by Gasteiger charge is -1.98. The maximum absolute atomic E-state index is 4.01. The minimum atomic E-state index is 0.725. The van der Waals surface area contributed by atoms with E-state index in [1.54, 1.807) is 13.2 Å². The zero-order valence-corrected chi connectivity index (χ0v) is 8.04. The van der Waals surface area contributed by atoms with Gasteiger partial charge in [-0.25, -0.2) is 0 Å². The molecule has 2 aromatic rings. The summed E-state index contributed by atoms with van der Waals surface area (Å²) in [4.78, 5) is 0.913. The summed E-state index contributed by atoms with van der Waals surface area (Å²) in [5, 5.41) is 14.6. The molecule has 0 saturated carbocycles. The molecule has 0 unspecified atom stereocenters. The number of hydrogen-bond donors (Lipinski definition) is 1. The number of nitrogens with zero attached hydrogens (tertiary/aromatic N) is 5. The van der Waals surface area contributed by atoms with Crippen molar-refractivity contribution in [2.45, 2.75) is 0 Å². The molecule has 0 fully saturated rings. The Kier molecular flexibility index (Phi) is 1.93. The third-order valence-corrected chi connectivity index (χ3v) is 2.34. The minimum Gasteiger partial charge on any atom is -0.357 e. The molecule has 0 aromatic carbocycles. The van der Waals surface area contributed by atoms with Crippen molar-refractivity contribution >= 4 is 17.5 Å². The van der Waals surface area contributed by atoms with Gasteiger partial charge in [-0.3, -0.25) is 4.57 Å². The molecular weight excluding hydrogens is 188 g/mol. The molecule has 0 spiro atoms. The van der Waals surface area contributed by atoms with E-state index in [1.165, 1.54) is 11.5 Å². The van der Waals surface area contributed by atoms with E-state index in [0.717, 1.165) is 16.6 Å². The van der Waals surface area contributed by atoms with E-state index in [0.29, 0.717) is 0 Å².